The Balaban J connectivity index is 2.00. The van der Waals surface area contributed by atoms with Crippen LogP contribution in [0.25, 0.3) is 0 Å². The van der Waals surface area contributed by atoms with Crippen LogP contribution >= 0.6 is 33.9 Å². The highest BCUT2D eigenvalue weighted by atomic mass is 127. The van der Waals surface area contributed by atoms with Crippen LogP contribution in [0.15, 0.2) is 22.6 Å². The number of thiazole rings is 1. The molecule has 0 radical (unpaired) electrons. The van der Waals surface area contributed by atoms with E-state index < -0.39 is 0 Å². The Kier molecular flexibility index (Phi) is 7.44. The van der Waals surface area contributed by atoms with E-state index in [9.17, 15) is 4.79 Å². The summed E-state index contributed by atoms with van der Waals surface area (Å²) in [5, 5.41) is 6.57. The van der Waals surface area contributed by atoms with Gasteiger partial charge in [-0.3, -0.25) is 10.2 Å². The predicted octanol–water partition coefficient (Wildman–Crippen LogP) is 3.32. The Bertz CT molecular complexity index is 764. The third kappa shape index (κ3) is 5.56. The Morgan fingerprint density at radius 1 is 1.40 bits per heavy atom. The van der Waals surface area contributed by atoms with Gasteiger partial charge in [-0.05, 0) is 47.2 Å². The van der Waals surface area contributed by atoms with Crippen molar-refractivity contribution in [1.82, 2.24) is 4.98 Å². The van der Waals surface area contributed by atoms with Crippen molar-refractivity contribution in [1.29, 1.82) is 0 Å². The average molecular weight is 475 g/mol. The van der Waals surface area contributed by atoms with Gasteiger partial charge in [-0.1, -0.05) is 0 Å². The van der Waals surface area contributed by atoms with Gasteiger partial charge in [-0.2, -0.15) is 5.10 Å². The Morgan fingerprint density at radius 2 is 2.20 bits per heavy atom. The van der Waals surface area contributed by atoms with E-state index in [1.165, 1.54) is 11.3 Å². The largest absolute Gasteiger partial charge is 0.493 e. The number of carbonyl (C=O) groups is 1. The smallest absolute Gasteiger partial charge is 0.311 e. The molecular formula is C16H18IN3O4S. The van der Waals surface area contributed by atoms with Crippen LogP contribution in [0.4, 0.5) is 5.13 Å². The average Bonchev–Trinajstić information content (AvgIpc) is 3.01. The predicted molar refractivity (Wildman–Crippen MR) is 106 cm³/mol. The zero-order chi connectivity index (χ0) is 18.2. The fraction of sp³-hybridized carbons (Fsp3) is 0.312. The van der Waals surface area contributed by atoms with Crippen molar-refractivity contribution in [2.75, 3.05) is 26.3 Å². The first-order valence-corrected chi connectivity index (χ1v) is 9.33. The molecule has 0 aliphatic carbocycles. The maximum atomic E-state index is 11.4. The molecule has 0 bridgehead atoms. The second kappa shape index (κ2) is 9.56. The number of rotatable bonds is 8. The summed E-state index contributed by atoms with van der Waals surface area (Å²) in [7, 11) is 3.19. The van der Waals surface area contributed by atoms with E-state index in [1.807, 2.05) is 12.1 Å². The zero-order valence-electron chi connectivity index (χ0n) is 14.0. The Morgan fingerprint density at radius 3 is 2.88 bits per heavy atom. The topological polar surface area (TPSA) is 82.0 Å². The first-order chi connectivity index (χ1) is 12.1. The molecule has 0 aliphatic heterocycles. The molecule has 0 saturated carbocycles. The molecule has 1 N–H and O–H groups in total. The fourth-order valence-electron chi connectivity index (χ4n) is 1.97. The molecular weight excluding hydrogens is 457 g/mol. The number of hydrazone groups is 1. The van der Waals surface area contributed by atoms with Gasteiger partial charge in [0, 0.05) is 5.38 Å². The minimum atomic E-state index is -0.289. The molecule has 134 valence electrons. The second-order valence-electron chi connectivity index (χ2n) is 4.73. The molecule has 2 rings (SSSR count). The van der Waals surface area contributed by atoms with Crippen molar-refractivity contribution in [3.05, 3.63) is 32.3 Å². The van der Waals surface area contributed by atoms with Gasteiger partial charge in [0.2, 0.25) is 5.13 Å². The molecule has 0 fully saturated rings. The lowest BCUT2D eigenvalue weighted by Crippen LogP contribution is -2.07. The number of anilines is 1. The van der Waals surface area contributed by atoms with Gasteiger partial charge in [0.25, 0.3) is 0 Å². The zero-order valence-corrected chi connectivity index (χ0v) is 17.0. The van der Waals surface area contributed by atoms with Crippen LogP contribution in [0.2, 0.25) is 0 Å². The first kappa shape index (κ1) is 19.4. The van der Waals surface area contributed by atoms with Crippen LogP contribution in [0.1, 0.15) is 18.2 Å². The monoisotopic (exact) mass is 475 g/mol. The summed E-state index contributed by atoms with van der Waals surface area (Å²) in [5.74, 6) is 1.04. The van der Waals surface area contributed by atoms with Gasteiger partial charge >= 0.3 is 5.97 Å². The van der Waals surface area contributed by atoms with E-state index in [1.54, 1.807) is 32.7 Å². The van der Waals surface area contributed by atoms with Crippen LogP contribution in [0.3, 0.4) is 0 Å². The summed E-state index contributed by atoms with van der Waals surface area (Å²) >= 11 is 3.55. The van der Waals surface area contributed by atoms with Crippen LogP contribution in [0.5, 0.6) is 11.5 Å². The number of benzene rings is 1. The maximum absolute atomic E-state index is 11.4. The molecule has 0 amide bonds. The molecule has 0 atom stereocenters. The van der Waals surface area contributed by atoms with E-state index in [-0.39, 0.29) is 12.4 Å². The number of aromatic nitrogens is 1. The summed E-state index contributed by atoms with van der Waals surface area (Å²) in [5.41, 5.74) is 4.37. The summed E-state index contributed by atoms with van der Waals surface area (Å²) in [4.78, 5) is 15.7. The van der Waals surface area contributed by atoms with Crippen molar-refractivity contribution >= 4 is 51.2 Å². The molecule has 1 heterocycles. The van der Waals surface area contributed by atoms with E-state index in [0.717, 1.165) is 9.13 Å². The molecule has 1 aromatic heterocycles. The summed E-state index contributed by atoms with van der Waals surface area (Å²) in [6.45, 7) is 2.14. The summed E-state index contributed by atoms with van der Waals surface area (Å²) < 4.78 is 16.4. The van der Waals surface area contributed by atoms with E-state index in [0.29, 0.717) is 28.9 Å². The summed E-state index contributed by atoms with van der Waals surface area (Å²) in [6, 6.07) is 3.77. The highest BCUT2D eigenvalue weighted by Gasteiger charge is 2.10. The normalized spacial score (nSPS) is 10.7. The SMILES string of the molecule is CCOC(=O)Cc1csc(NN=Cc2cc(I)c(OC)c(OC)c2)n1. The molecule has 2 aromatic rings. The minimum absolute atomic E-state index is 0.156. The minimum Gasteiger partial charge on any atom is -0.493 e. The van der Waals surface area contributed by atoms with Crippen molar-refractivity contribution in [3.63, 3.8) is 0 Å². The first-order valence-electron chi connectivity index (χ1n) is 7.38. The number of halogens is 1. The number of nitrogens with zero attached hydrogens (tertiary/aromatic N) is 2. The number of nitrogens with one attached hydrogen (secondary N) is 1. The molecule has 0 spiro atoms. The van der Waals surface area contributed by atoms with Crippen LogP contribution in [-0.4, -0.2) is 38.0 Å². The number of methoxy groups -OCH3 is 2. The number of esters is 1. The number of hydrogen-bond acceptors (Lipinski definition) is 8. The number of hydrogen-bond donors (Lipinski definition) is 1. The Labute approximate surface area is 163 Å². The van der Waals surface area contributed by atoms with E-state index in [2.05, 4.69) is 38.1 Å². The van der Waals surface area contributed by atoms with Crippen molar-refractivity contribution in [2.24, 2.45) is 5.10 Å². The molecule has 9 heteroatoms. The number of ether oxygens (including phenoxy) is 3. The quantitative estimate of drug-likeness (QED) is 0.273. The van der Waals surface area contributed by atoms with Crippen molar-refractivity contribution in [3.8, 4) is 11.5 Å². The van der Waals surface area contributed by atoms with Gasteiger partial charge in [0.1, 0.15) is 0 Å². The van der Waals surface area contributed by atoms with Crippen molar-refractivity contribution < 1.29 is 19.0 Å². The summed E-state index contributed by atoms with van der Waals surface area (Å²) in [6.07, 6.45) is 1.82. The van der Waals surface area contributed by atoms with E-state index >= 15 is 0 Å². The highest BCUT2D eigenvalue weighted by molar-refractivity contribution is 14.1. The van der Waals surface area contributed by atoms with Gasteiger partial charge in [-0.15, -0.1) is 11.3 Å². The van der Waals surface area contributed by atoms with Crippen LogP contribution in [-0.2, 0) is 16.0 Å². The van der Waals surface area contributed by atoms with Gasteiger partial charge in [0.05, 0.1) is 42.7 Å². The number of carbonyl (C=O) groups excluding carboxylic acids is 1. The van der Waals surface area contributed by atoms with E-state index in [4.69, 9.17) is 14.2 Å². The van der Waals surface area contributed by atoms with Crippen LogP contribution < -0.4 is 14.9 Å². The lowest BCUT2D eigenvalue weighted by atomic mass is 10.2. The maximum Gasteiger partial charge on any atom is 0.311 e. The standard InChI is InChI=1S/C16H18IN3O4S/c1-4-24-14(21)7-11-9-25-16(19-11)20-18-8-10-5-12(17)15(23-3)13(6-10)22-2/h5-6,8-9H,4,7H2,1-3H3,(H,19,20). The van der Waals surface area contributed by atoms with Crippen molar-refractivity contribution in [2.45, 2.75) is 13.3 Å². The van der Waals surface area contributed by atoms with Gasteiger partial charge in [0.15, 0.2) is 11.5 Å². The molecule has 7 nitrogen and oxygen atoms in total. The molecule has 0 aliphatic rings. The van der Waals surface area contributed by atoms with Crippen LogP contribution in [0, 0.1) is 3.57 Å². The highest BCUT2D eigenvalue weighted by Crippen LogP contribution is 2.33. The second-order valence-corrected chi connectivity index (χ2v) is 6.75. The third-order valence-electron chi connectivity index (χ3n) is 3.01. The molecule has 0 saturated heterocycles. The van der Waals surface area contributed by atoms with Gasteiger partial charge in [-0.25, -0.2) is 4.98 Å². The lowest BCUT2D eigenvalue weighted by molar-refractivity contribution is -0.142. The molecule has 0 unspecified atom stereocenters. The molecule has 25 heavy (non-hydrogen) atoms. The lowest BCUT2D eigenvalue weighted by Gasteiger charge is -2.10. The van der Waals surface area contributed by atoms with Gasteiger partial charge < -0.3 is 14.2 Å². The molecule has 1 aromatic carbocycles. The fourth-order valence-corrected chi connectivity index (χ4v) is 3.48. The Hall–Kier alpha value is -1.88. The third-order valence-corrected chi connectivity index (χ3v) is 4.61.